The van der Waals surface area contributed by atoms with Gasteiger partial charge in [-0.1, -0.05) is 18.2 Å². The Balaban J connectivity index is 2.50. The van der Waals surface area contributed by atoms with E-state index in [1.165, 1.54) is 35.6 Å². The lowest BCUT2D eigenvalue weighted by atomic mass is 10.0. The van der Waals surface area contributed by atoms with Gasteiger partial charge in [0.05, 0.1) is 5.57 Å². The molecule has 1 heterocycles. The van der Waals surface area contributed by atoms with Crippen molar-refractivity contribution in [3.05, 3.63) is 57.5 Å². The number of carboxylic acid groups (broad SMARTS) is 1. The minimum atomic E-state index is -1.13. The third-order valence-corrected chi connectivity index (χ3v) is 3.43. The Bertz CT molecular complexity index is 614. The van der Waals surface area contributed by atoms with E-state index in [1.54, 1.807) is 6.07 Å². The lowest BCUT2D eigenvalue weighted by Crippen LogP contribution is -2.01. The van der Waals surface area contributed by atoms with Crippen molar-refractivity contribution >= 4 is 29.0 Å². The average molecular weight is 262 g/mol. The van der Waals surface area contributed by atoms with E-state index in [0.29, 0.717) is 0 Å². The van der Waals surface area contributed by atoms with Crippen molar-refractivity contribution in [3.8, 4) is 0 Å². The zero-order chi connectivity index (χ0) is 13.1. The fourth-order valence-electron chi connectivity index (χ4n) is 1.61. The van der Waals surface area contributed by atoms with Gasteiger partial charge in [-0.3, -0.25) is 0 Å². The molecule has 0 bridgehead atoms. The summed E-state index contributed by atoms with van der Waals surface area (Å²) >= 11 is 1.43. The second-order valence-corrected chi connectivity index (χ2v) is 4.81. The van der Waals surface area contributed by atoms with Gasteiger partial charge in [-0.15, -0.1) is 11.3 Å². The van der Waals surface area contributed by atoms with E-state index in [-0.39, 0.29) is 11.1 Å². The van der Waals surface area contributed by atoms with E-state index in [0.717, 1.165) is 10.4 Å². The first-order valence-electron chi connectivity index (χ1n) is 5.33. The van der Waals surface area contributed by atoms with Crippen molar-refractivity contribution < 1.29 is 14.3 Å². The Hall–Kier alpha value is -1.94. The molecular formula is C14H11FO2S. The van der Waals surface area contributed by atoms with Crippen LogP contribution in [-0.2, 0) is 4.79 Å². The highest BCUT2D eigenvalue weighted by Crippen LogP contribution is 2.24. The number of benzene rings is 1. The summed E-state index contributed by atoms with van der Waals surface area (Å²) in [5.41, 5.74) is 1.13. The second kappa shape index (κ2) is 5.14. The summed E-state index contributed by atoms with van der Waals surface area (Å²) in [5.74, 6) is -1.66. The molecule has 4 heteroatoms. The van der Waals surface area contributed by atoms with Crippen molar-refractivity contribution in [2.75, 3.05) is 0 Å². The van der Waals surface area contributed by atoms with Crippen molar-refractivity contribution in [1.29, 1.82) is 0 Å². The number of hydrogen-bond donors (Lipinski definition) is 1. The number of aryl methyl sites for hydroxylation is 1. The lowest BCUT2D eigenvalue weighted by molar-refractivity contribution is -0.130. The normalized spacial score (nSPS) is 11.6. The van der Waals surface area contributed by atoms with E-state index >= 15 is 0 Å². The van der Waals surface area contributed by atoms with E-state index < -0.39 is 11.8 Å². The maximum atomic E-state index is 13.6. The molecule has 92 valence electrons. The summed E-state index contributed by atoms with van der Waals surface area (Å²) in [4.78, 5) is 12.0. The summed E-state index contributed by atoms with van der Waals surface area (Å²) in [6.45, 7) is 1.93. The SMILES string of the molecule is Cc1csc(C=C(C(=O)O)c2ccccc2F)c1. The minimum Gasteiger partial charge on any atom is -0.478 e. The summed E-state index contributed by atoms with van der Waals surface area (Å²) in [6, 6.07) is 7.75. The molecule has 2 nitrogen and oxygen atoms in total. The molecule has 2 rings (SSSR count). The molecular weight excluding hydrogens is 251 g/mol. The predicted molar refractivity (Wildman–Crippen MR) is 71.0 cm³/mol. The zero-order valence-electron chi connectivity index (χ0n) is 9.68. The van der Waals surface area contributed by atoms with Crippen LogP contribution in [0.25, 0.3) is 11.6 Å². The Morgan fingerprint density at radius 3 is 2.67 bits per heavy atom. The second-order valence-electron chi connectivity index (χ2n) is 3.87. The first kappa shape index (κ1) is 12.5. The number of aliphatic carboxylic acids is 1. The van der Waals surface area contributed by atoms with E-state index in [4.69, 9.17) is 0 Å². The topological polar surface area (TPSA) is 37.3 Å². The highest BCUT2D eigenvalue weighted by Gasteiger charge is 2.14. The van der Waals surface area contributed by atoms with Crippen molar-refractivity contribution in [2.45, 2.75) is 6.92 Å². The minimum absolute atomic E-state index is 0.0325. The molecule has 0 spiro atoms. The number of halogens is 1. The number of carbonyl (C=O) groups is 1. The summed E-state index contributed by atoms with van der Waals surface area (Å²) in [6.07, 6.45) is 1.50. The highest BCUT2D eigenvalue weighted by molar-refractivity contribution is 7.11. The van der Waals surface area contributed by atoms with Crippen LogP contribution in [0.3, 0.4) is 0 Å². The number of rotatable bonds is 3. The van der Waals surface area contributed by atoms with E-state index in [9.17, 15) is 14.3 Å². The molecule has 0 atom stereocenters. The predicted octanol–water partition coefficient (Wildman–Crippen LogP) is 3.82. The standard InChI is InChI=1S/C14H11FO2S/c1-9-6-10(18-8-9)7-12(14(16)17)11-4-2-3-5-13(11)15/h2-8H,1H3,(H,16,17). The average Bonchev–Trinajstić information content (AvgIpc) is 2.73. The Kier molecular flexibility index (Phi) is 3.58. The molecule has 0 aliphatic carbocycles. The van der Waals surface area contributed by atoms with Crippen LogP contribution in [0, 0.1) is 12.7 Å². The third-order valence-electron chi connectivity index (χ3n) is 2.43. The van der Waals surface area contributed by atoms with Gasteiger partial charge >= 0.3 is 5.97 Å². The van der Waals surface area contributed by atoms with E-state index in [2.05, 4.69) is 0 Å². The fraction of sp³-hybridized carbons (Fsp3) is 0.0714. The van der Waals surface area contributed by atoms with Gasteiger partial charge in [0.15, 0.2) is 0 Å². The molecule has 0 fully saturated rings. The van der Waals surface area contributed by atoms with Crippen LogP contribution in [0.15, 0.2) is 35.7 Å². The molecule has 0 aliphatic rings. The van der Waals surface area contributed by atoms with Gasteiger partial charge in [-0.25, -0.2) is 9.18 Å². The molecule has 0 radical (unpaired) electrons. The smallest absolute Gasteiger partial charge is 0.336 e. The Labute approximate surface area is 108 Å². The molecule has 2 aromatic rings. The number of thiophene rings is 1. The molecule has 0 aliphatic heterocycles. The highest BCUT2D eigenvalue weighted by atomic mass is 32.1. The fourth-order valence-corrected chi connectivity index (χ4v) is 2.44. The maximum Gasteiger partial charge on any atom is 0.336 e. The molecule has 0 saturated carbocycles. The van der Waals surface area contributed by atoms with Gasteiger partial charge in [0.2, 0.25) is 0 Å². The Morgan fingerprint density at radius 1 is 1.39 bits per heavy atom. The van der Waals surface area contributed by atoms with Gasteiger partial charge in [0.25, 0.3) is 0 Å². The quantitative estimate of drug-likeness (QED) is 0.854. The van der Waals surface area contributed by atoms with Crippen molar-refractivity contribution in [1.82, 2.24) is 0 Å². The van der Waals surface area contributed by atoms with Gasteiger partial charge in [0, 0.05) is 10.4 Å². The van der Waals surface area contributed by atoms with Gasteiger partial charge in [0.1, 0.15) is 5.82 Å². The van der Waals surface area contributed by atoms with Crippen LogP contribution >= 0.6 is 11.3 Å². The van der Waals surface area contributed by atoms with Crippen LogP contribution in [0.1, 0.15) is 16.0 Å². The van der Waals surface area contributed by atoms with Crippen LogP contribution in [-0.4, -0.2) is 11.1 Å². The van der Waals surface area contributed by atoms with Gasteiger partial charge < -0.3 is 5.11 Å². The maximum absolute atomic E-state index is 13.6. The molecule has 1 aromatic carbocycles. The van der Waals surface area contributed by atoms with E-state index in [1.807, 2.05) is 18.4 Å². The number of carboxylic acids is 1. The monoisotopic (exact) mass is 262 g/mol. The van der Waals surface area contributed by atoms with Crippen LogP contribution in [0.4, 0.5) is 4.39 Å². The van der Waals surface area contributed by atoms with Crippen LogP contribution in [0.2, 0.25) is 0 Å². The summed E-state index contributed by atoms with van der Waals surface area (Å²) < 4.78 is 13.6. The molecule has 18 heavy (non-hydrogen) atoms. The third kappa shape index (κ3) is 2.65. The zero-order valence-corrected chi connectivity index (χ0v) is 10.5. The summed E-state index contributed by atoms with van der Waals surface area (Å²) in [7, 11) is 0. The van der Waals surface area contributed by atoms with Crippen LogP contribution < -0.4 is 0 Å². The molecule has 0 saturated heterocycles. The van der Waals surface area contributed by atoms with Gasteiger partial charge in [-0.05, 0) is 36.1 Å². The summed E-state index contributed by atoms with van der Waals surface area (Å²) in [5, 5.41) is 11.1. The number of hydrogen-bond acceptors (Lipinski definition) is 2. The first-order valence-corrected chi connectivity index (χ1v) is 6.21. The molecule has 0 unspecified atom stereocenters. The van der Waals surface area contributed by atoms with Crippen LogP contribution in [0.5, 0.6) is 0 Å². The molecule has 1 N–H and O–H groups in total. The first-order chi connectivity index (χ1) is 8.58. The Morgan fingerprint density at radius 2 is 2.11 bits per heavy atom. The molecule has 1 aromatic heterocycles. The lowest BCUT2D eigenvalue weighted by Gasteiger charge is -2.03. The van der Waals surface area contributed by atoms with Crippen molar-refractivity contribution in [3.63, 3.8) is 0 Å². The molecule has 0 amide bonds. The van der Waals surface area contributed by atoms with Gasteiger partial charge in [-0.2, -0.15) is 0 Å². The van der Waals surface area contributed by atoms with Crippen molar-refractivity contribution in [2.24, 2.45) is 0 Å². The largest absolute Gasteiger partial charge is 0.478 e.